The fourth-order valence-corrected chi connectivity index (χ4v) is 4.02. The zero-order chi connectivity index (χ0) is 22.8. The molecule has 1 heterocycles. The van der Waals surface area contributed by atoms with Gasteiger partial charge in [0.2, 0.25) is 0 Å². The summed E-state index contributed by atoms with van der Waals surface area (Å²) in [7, 11) is 0. The highest BCUT2D eigenvalue weighted by Gasteiger charge is 2.44. The van der Waals surface area contributed by atoms with Crippen molar-refractivity contribution in [2.24, 2.45) is 0 Å². The van der Waals surface area contributed by atoms with E-state index in [1.165, 1.54) is 6.07 Å². The quantitative estimate of drug-likeness (QED) is 0.568. The third-order valence-electron chi connectivity index (χ3n) is 5.66. The van der Waals surface area contributed by atoms with Crippen molar-refractivity contribution in [1.29, 1.82) is 0 Å². The molecule has 0 aromatic heterocycles. The van der Waals surface area contributed by atoms with E-state index in [1.807, 2.05) is 49.4 Å². The summed E-state index contributed by atoms with van der Waals surface area (Å²) in [5, 5.41) is 10.7. The minimum Gasteiger partial charge on any atom is -0.503 e. The molecule has 4 nitrogen and oxygen atoms in total. The van der Waals surface area contributed by atoms with E-state index < -0.39 is 29.3 Å². The van der Waals surface area contributed by atoms with Crippen LogP contribution < -0.4 is 4.90 Å². The summed E-state index contributed by atoms with van der Waals surface area (Å²) >= 11 is 0. The lowest BCUT2D eigenvalue weighted by molar-refractivity contribution is -0.118. The maximum atomic E-state index is 14.0. The largest absolute Gasteiger partial charge is 0.503 e. The lowest BCUT2D eigenvalue weighted by Crippen LogP contribution is -2.31. The SMILES string of the molecule is Cc1ccccc1C1C(C(=O)CCc2ccccc2)=C(O)C(=O)N1c1ccc(F)c(F)c1. The van der Waals surface area contributed by atoms with Gasteiger partial charge < -0.3 is 5.11 Å². The molecule has 0 saturated heterocycles. The molecule has 1 amide bonds. The zero-order valence-corrected chi connectivity index (χ0v) is 17.4. The number of carbonyl (C=O) groups is 2. The highest BCUT2D eigenvalue weighted by molar-refractivity contribution is 6.16. The van der Waals surface area contributed by atoms with Crippen LogP contribution in [0, 0.1) is 18.6 Å². The number of amides is 1. The Balaban J connectivity index is 1.76. The summed E-state index contributed by atoms with van der Waals surface area (Å²) in [4.78, 5) is 27.4. The number of rotatable bonds is 6. The van der Waals surface area contributed by atoms with Crippen LogP contribution in [-0.2, 0) is 16.0 Å². The fraction of sp³-hybridized carbons (Fsp3) is 0.154. The van der Waals surface area contributed by atoms with Crippen molar-refractivity contribution in [3.63, 3.8) is 0 Å². The summed E-state index contributed by atoms with van der Waals surface area (Å²) < 4.78 is 27.5. The predicted octanol–water partition coefficient (Wildman–Crippen LogP) is 5.38. The molecule has 0 saturated carbocycles. The molecule has 0 aliphatic carbocycles. The monoisotopic (exact) mass is 433 g/mol. The maximum Gasteiger partial charge on any atom is 0.294 e. The number of aryl methyl sites for hydroxylation is 2. The van der Waals surface area contributed by atoms with Gasteiger partial charge in [-0.25, -0.2) is 8.78 Å². The summed E-state index contributed by atoms with van der Waals surface area (Å²) in [6, 6.07) is 18.7. The molecular formula is C26H21F2NO3. The Morgan fingerprint density at radius 3 is 2.34 bits per heavy atom. The number of Topliss-reactive ketones (excluding diaryl/α,β-unsaturated/α-hetero) is 1. The van der Waals surface area contributed by atoms with Crippen molar-refractivity contribution in [3.05, 3.63) is 112 Å². The van der Waals surface area contributed by atoms with Crippen molar-refractivity contribution >= 4 is 17.4 Å². The minimum absolute atomic E-state index is 0.0371. The van der Waals surface area contributed by atoms with Gasteiger partial charge in [0.1, 0.15) is 0 Å². The van der Waals surface area contributed by atoms with Gasteiger partial charge in [-0.1, -0.05) is 54.6 Å². The van der Waals surface area contributed by atoms with Gasteiger partial charge in [0.05, 0.1) is 11.6 Å². The Morgan fingerprint density at radius 1 is 0.969 bits per heavy atom. The van der Waals surface area contributed by atoms with Crippen molar-refractivity contribution in [2.45, 2.75) is 25.8 Å². The molecule has 1 atom stereocenters. The van der Waals surface area contributed by atoms with E-state index in [-0.39, 0.29) is 23.5 Å². The fourth-order valence-electron chi connectivity index (χ4n) is 4.02. The number of nitrogens with zero attached hydrogens (tertiary/aromatic N) is 1. The van der Waals surface area contributed by atoms with Crippen LogP contribution >= 0.6 is 0 Å². The zero-order valence-electron chi connectivity index (χ0n) is 17.4. The van der Waals surface area contributed by atoms with E-state index in [2.05, 4.69) is 0 Å². The summed E-state index contributed by atoms with van der Waals surface area (Å²) in [5.74, 6) is -4.04. The summed E-state index contributed by atoms with van der Waals surface area (Å²) in [6.45, 7) is 1.82. The smallest absolute Gasteiger partial charge is 0.294 e. The van der Waals surface area contributed by atoms with E-state index in [9.17, 15) is 23.5 Å². The van der Waals surface area contributed by atoms with Crippen LogP contribution in [0.3, 0.4) is 0 Å². The lowest BCUT2D eigenvalue weighted by Gasteiger charge is -2.28. The van der Waals surface area contributed by atoms with Crippen LogP contribution in [0.1, 0.15) is 29.2 Å². The number of carbonyl (C=O) groups excluding carboxylic acids is 2. The molecule has 0 fully saturated rings. The second kappa shape index (κ2) is 8.75. The van der Waals surface area contributed by atoms with Gasteiger partial charge in [-0.2, -0.15) is 0 Å². The van der Waals surface area contributed by atoms with Gasteiger partial charge in [0.25, 0.3) is 5.91 Å². The first kappa shape index (κ1) is 21.4. The van der Waals surface area contributed by atoms with E-state index in [0.717, 1.165) is 28.2 Å². The minimum atomic E-state index is -1.12. The van der Waals surface area contributed by atoms with E-state index >= 15 is 0 Å². The van der Waals surface area contributed by atoms with E-state index in [0.29, 0.717) is 12.0 Å². The number of benzene rings is 3. The molecule has 1 aliphatic heterocycles. The molecule has 32 heavy (non-hydrogen) atoms. The molecule has 0 bridgehead atoms. The van der Waals surface area contributed by atoms with Crippen molar-refractivity contribution in [2.75, 3.05) is 4.90 Å². The molecule has 1 unspecified atom stereocenters. The number of ketones is 1. The second-order valence-corrected chi connectivity index (χ2v) is 7.70. The first-order valence-electron chi connectivity index (χ1n) is 10.2. The van der Waals surface area contributed by atoms with Gasteiger partial charge in [-0.15, -0.1) is 0 Å². The Hall–Kier alpha value is -3.80. The number of anilines is 1. The third-order valence-corrected chi connectivity index (χ3v) is 5.66. The molecule has 6 heteroatoms. The van der Waals surface area contributed by atoms with Crippen LogP contribution in [0.2, 0.25) is 0 Å². The Labute approximate surface area is 184 Å². The molecule has 1 N–H and O–H groups in total. The molecular weight excluding hydrogens is 412 g/mol. The van der Waals surface area contributed by atoms with Crippen LogP contribution in [0.25, 0.3) is 0 Å². The van der Waals surface area contributed by atoms with Crippen LogP contribution in [0.15, 0.2) is 84.1 Å². The highest BCUT2D eigenvalue weighted by Crippen LogP contribution is 2.42. The Bertz CT molecular complexity index is 1220. The number of aliphatic hydroxyl groups excluding tert-OH is 1. The van der Waals surface area contributed by atoms with Crippen molar-refractivity contribution in [1.82, 2.24) is 0 Å². The number of hydrogen-bond donors (Lipinski definition) is 1. The number of hydrogen-bond acceptors (Lipinski definition) is 3. The maximum absolute atomic E-state index is 14.0. The van der Waals surface area contributed by atoms with Gasteiger partial charge in [-0.05, 0) is 42.2 Å². The standard InChI is InChI=1S/C26H21F2NO3/c1-16-7-5-6-10-19(16)24-23(22(30)14-11-17-8-3-2-4-9-17)25(31)26(32)29(24)18-12-13-20(27)21(28)15-18/h2-10,12-13,15,24,31H,11,14H2,1H3. The van der Waals surface area contributed by atoms with Gasteiger partial charge >= 0.3 is 0 Å². The van der Waals surface area contributed by atoms with Crippen LogP contribution in [0.5, 0.6) is 0 Å². The van der Waals surface area contributed by atoms with Gasteiger partial charge in [0.15, 0.2) is 23.2 Å². The first-order valence-corrected chi connectivity index (χ1v) is 10.2. The molecule has 4 rings (SSSR count). The van der Waals surface area contributed by atoms with Crippen molar-refractivity contribution < 1.29 is 23.5 Å². The Kier molecular flexibility index (Phi) is 5.86. The second-order valence-electron chi connectivity index (χ2n) is 7.70. The molecule has 3 aromatic carbocycles. The third kappa shape index (κ3) is 3.91. The molecule has 3 aromatic rings. The summed E-state index contributed by atoms with van der Waals surface area (Å²) in [6.07, 6.45) is 0.529. The molecule has 0 spiro atoms. The first-order chi connectivity index (χ1) is 15.4. The summed E-state index contributed by atoms with van der Waals surface area (Å²) in [5.41, 5.74) is 2.39. The normalized spacial score (nSPS) is 16.0. The Morgan fingerprint density at radius 2 is 1.66 bits per heavy atom. The van der Waals surface area contributed by atoms with E-state index in [4.69, 9.17) is 0 Å². The predicted molar refractivity (Wildman–Crippen MR) is 117 cm³/mol. The average Bonchev–Trinajstić information content (AvgIpc) is 3.05. The van der Waals surface area contributed by atoms with E-state index in [1.54, 1.807) is 12.1 Å². The van der Waals surface area contributed by atoms with Gasteiger partial charge in [0, 0.05) is 18.2 Å². The molecule has 0 radical (unpaired) electrons. The van der Waals surface area contributed by atoms with Crippen molar-refractivity contribution in [3.8, 4) is 0 Å². The lowest BCUT2D eigenvalue weighted by atomic mass is 9.90. The molecule has 1 aliphatic rings. The number of aliphatic hydroxyl groups is 1. The molecule has 162 valence electrons. The van der Waals surface area contributed by atoms with Crippen LogP contribution in [0.4, 0.5) is 14.5 Å². The number of halogens is 2. The highest BCUT2D eigenvalue weighted by atomic mass is 19.2. The topological polar surface area (TPSA) is 57.6 Å². The average molecular weight is 433 g/mol. The van der Waals surface area contributed by atoms with Crippen LogP contribution in [-0.4, -0.2) is 16.8 Å². The van der Waals surface area contributed by atoms with Gasteiger partial charge in [-0.3, -0.25) is 14.5 Å².